The van der Waals surface area contributed by atoms with E-state index in [1.54, 1.807) is 13.8 Å². The zero-order valence-electron chi connectivity index (χ0n) is 10.7. The van der Waals surface area contributed by atoms with Gasteiger partial charge in [0, 0.05) is 6.42 Å². The molecule has 0 aromatic rings. The number of hydrogen-bond donors (Lipinski definition) is 0. The van der Waals surface area contributed by atoms with E-state index in [1.165, 1.54) is 0 Å². The fourth-order valence-electron chi connectivity index (χ4n) is 0.857. The molecule has 0 saturated carbocycles. The van der Waals surface area contributed by atoms with Crippen LogP contribution in [-0.4, -0.2) is 25.9 Å². The molecule has 0 rings (SSSR count). The highest BCUT2D eigenvalue weighted by atomic mass is 28.3. The van der Waals surface area contributed by atoms with Gasteiger partial charge in [0.2, 0.25) is 5.78 Å². The molecule has 0 aromatic heterocycles. The molecule has 0 aliphatic carbocycles. The van der Waals surface area contributed by atoms with Crippen molar-refractivity contribution in [2.24, 2.45) is 0 Å². The first-order valence-corrected chi connectivity index (χ1v) is 8.96. The summed E-state index contributed by atoms with van der Waals surface area (Å²) in [5, 5.41) is 0. The molecule has 0 aliphatic heterocycles. The molecule has 0 bridgehead atoms. The van der Waals surface area contributed by atoms with Gasteiger partial charge in [0.1, 0.15) is 8.07 Å². The topological polar surface area (TPSA) is 43.4 Å². The molecule has 3 nitrogen and oxygen atoms in total. The Morgan fingerprint density at radius 1 is 1.19 bits per heavy atom. The highest BCUT2D eigenvalue weighted by molar-refractivity contribution is 6.84. The van der Waals surface area contributed by atoms with E-state index in [1.807, 2.05) is 0 Å². The van der Waals surface area contributed by atoms with Crippen LogP contribution in [0.15, 0.2) is 0 Å². The molecular weight excluding hydrogens is 220 g/mol. The Hall–Kier alpha value is -1.08. The number of carbonyl (C=O) groups is 2. The summed E-state index contributed by atoms with van der Waals surface area (Å²) in [6, 6.07) is 0. The van der Waals surface area contributed by atoms with Crippen molar-refractivity contribution in [3.63, 3.8) is 0 Å². The predicted molar refractivity (Wildman–Crippen MR) is 66.6 cm³/mol. The molecule has 0 aliphatic rings. The number of rotatable bonds is 4. The van der Waals surface area contributed by atoms with Gasteiger partial charge in [-0.25, -0.2) is 0 Å². The lowest BCUT2D eigenvalue weighted by Gasteiger charge is -2.06. The number of ether oxygens (including phenoxy) is 1. The molecule has 0 heterocycles. The Morgan fingerprint density at radius 3 is 2.19 bits per heavy atom. The van der Waals surface area contributed by atoms with Crippen molar-refractivity contribution in [1.29, 1.82) is 0 Å². The molecule has 0 atom stereocenters. The Labute approximate surface area is 98.6 Å². The number of esters is 1. The largest absolute Gasteiger partial charge is 0.463 e. The van der Waals surface area contributed by atoms with Gasteiger partial charge in [-0.2, -0.15) is 0 Å². The molecular formula is C12H20O3Si. The first-order chi connectivity index (χ1) is 7.20. The maximum Gasteiger partial charge on any atom is 0.306 e. The minimum absolute atomic E-state index is 0.122. The summed E-state index contributed by atoms with van der Waals surface area (Å²) in [5.74, 6) is 2.08. The summed E-state index contributed by atoms with van der Waals surface area (Å²) >= 11 is 0. The monoisotopic (exact) mass is 240 g/mol. The second-order valence-corrected chi connectivity index (χ2v) is 9.71. The van der Waals surface area contributed by atoms with Crippen molar-refractivity contribution in [3.8, 4) is 11.5 Å². The summed E-state index contributed by atoms with van der Waals surface area (Å²) in [4.78, 5) is 22.5. The van der Waals surface area contributed by atoms with Crippen LogP contribution in [0.25, 0.3) is 0 Å². The summed E-state index contributed by atoms with van der Waals surface area (Å²) in [5.41, 5.74) is 2.97. The van der Waals surface area contributed by atoms with Gasteiger partial charge in [0.25, 0.3) is 0 Å². The summed E-state index contributed by atoms with van der Waals surface area (Å²) < 4.78 is 4.92. The van der Waals surface area contributed by atoms with E-state index in [4.69, 9.17) is 4.74 Å². The van der Waals surface area contributed by atoms with Gasteiger partial charge in [-0.1, -0.05) is 19.6 Å². The number of carbonyl (C=O) groups excluding carboxylic acids is 2. The third-order valence-electron chi connectivity index (χ3n) is 1.50. The van der Waals surface area contributed by atoms with Crippen molar-refractivity contribution >= 4 is 19.8 Å². The minimum Gasteiger partial charge on any atom is -0.463 e. The van der Waals surface area contributed by atoms with Crippen molar-refractivity contribution in [1.82, 2.24) is 0 Å². The van der Waals surface area contributed by atoms with Crippen LogP contribution in [0.5, 0.6) is 0 Å². The summed E-state index contributed by atoms with van der Waals surface area (Å²) in [7, 11) is -1.50. The first kappa shape index (κ1) is 14.9. The Bertz CT molecular complexity index is 315. The number of Topliss-reactive ketones (excluding diaryl/α,β-unsaturated/α-hetero) is 1. The molecule has 0 spiro atoms. The van der Waals surface area contributed by atoms with Crippen LogP contribution in [-0.2, 0) is 14.3 Å². The van der Waals surface area contributed by atoms with Gasteiger partial charge in [-0.05, 0) is 19.8 Å². The molecule has 0 N–H and O–H groups in total. The summed E-state index contributed by atoms with van der Waals surface area (Å²) in [6.45, 7) is 9.77. The minimum atomic E-state index is -1.50. The molecule has 0 radical (unpaired) electrons. The maximum atomic E-state index is 11.3. The van der Waals surface area contributed by atoms with Crippen LogP contribution in [0.2, 0.25) is 19.6 Å². The SMILES string of the molecule is CC(C)OC(=O)CCC(=O)C#C[Si](C)(C)C. The molecule has 90 valence electrons. The highest BCUT2D eigenvalue weighted by Gasteiger charge is 2.10. The van der Waals surface area contributed by atoms with E-state index in [0.717, 1.165) is 0 Å². The smallest absolute Gasteiger partial charge is 0.306 e. The van der Waals surface area contributed by atoms with E-state index in [9.17, 15) is 9.59 Å². The predicted octanol–water partition coefficient (Wildman–Crippen LogP) is 2.17. The molecule has 0 saturated heterocycles. The van der Waals surface area contributed by atoms with Crippen LogP contribution < -0.4 is 0 Å². The van der Waals surface area contributed by atoms with Crippen LogP contribution in [0.1, 0.15) is 26.7 Å². The second-order valence-electron chi connectivity index (χ2n) is 4.96. The normalized spacial score (nSPS) is 10.6. The van der Waals surface area contributed by atoms with Gasteiger partial charge < -0.3 is 4.74 Å². The fourth-order valence-corrected chi connectivity index (χ4v) is 1.37. The van der Waals surface area contributed by atoms with Crippen molar-refractivity contribution in [2.45, 2.75) is 52.4 Å². The molecule has 0 aromatic carbocycles. The van der Waals surface area contributed by atoms with Gasteiger partial charge >= 0.3 is 5.97 Å². The van der Waals surface area contributed by atoms with E-state index < -0.39 is 8.07 Å². The molecule has 4 heteroatoms. The van der Waals surface area contributed by atoms with E-state index >= 15 is 0 Å². The van der Waals surface area contributed by atoms with E-state index in [2.05, 4.69) is 31.1 Å². The first-order valence-electron chi connectivity index (χ1n) is 5.46. The van der Waals surface area contributed by atoms with Crippen molar-refractivity contribution in [3.05, 3.63) is 0 Å². The Kier molecular flexibility index (Phi) is 6.05. The van der Waals surface area contributed by atoms with Gasteiger partial charge in [0.05, 0.1) is 12.5 Å². The summed E-state index contributed by atoms with van der Waals surface area (Å²) in [6.07, 6.45) is 0.149. The van der Waals surface area contributed by atoms with Crippen LogP contribution in [0.4, 0.5) is 0 Å². The van der Waals surface area contributed by atoms with Gasteiger partial charge in [-0.3, -0.25) is 9.59 Å². The van der Waals surface area contributed by atoms with Gasteiger partial charge in [-0.15, -0.1) is 5.54 Å². The lowest BCUT2D eigenvalue weighted by molar-refractivity contribution is -0.148. The third kappa shape index (κ3) is 9.47. The molecule has 16 heavy (non-hydrogen) atoms. The third-order valence-corrected chi connectivity index (χ3v) is 2.38. The van der Waals surface area contributed by atoms with Crippen molar-refractivity contribution in [2.75, 3.05) is 0 Å². The van der Waals surface area contributed by atoms with Crippen LogP contribution in [0.3, 0.4) is 0 Å². The molecule has 0 amide bonds. The average molecular weight is 240 g/mol. The van der Waals surface area contributed by atoms with Crippen LogP contribution >= 0.6 is 0 Å². The number of ketones is 1. The maximum absolute atomic E-state index is 11.3. The van der Waals surface area contributed by atoms with Crippen molar-refractivity contribution < 1.29 is 14.3 Å². The lowest BCUT2D eigenvalue weighted by atomic mass is 10.2. The van der Waals surface area contributed by atoms with Crippen LogP contribution in [0, 0.1) is 11.5 Å². The quantitative estimate of drug-likeness (QED) is 0.430. The van der Waals surface area contributed by atoms with E-state index in [0.29, 0.717) is 0 Å². The van der Waals surface area contributed by atoms with E-state index in [-0.39, 0.29) is 30.7 Å². The zero-order valence-corrected chi connectivity index (χ0v) is 11.7. The average Bonchev–Trinajstić information content (AvgIpc) is 2.09. The standard InChI is InChI=1S/C12H20O3Si/c1-10(2)15-12(14)7-6-11(13)8-9-16(3,4)5/h10H,6-7H2,1-5H3. The molecule has 0 fully saturated rings. The van der Waals surface area contributed by atoms with Gasteiger partial charge in [0.15, 0.2) is 0 Å². The lowest BCUT2D eigenvalue weighted by Crippen LogP contribution is -2.17. The second kappa shape index (κ2) is 6.49. The Morgan fingerprint density at radius 2 is 1.75 bits per heavy atom. The highest BCUT2D eigenvalue weighted by Crippen LogP contribution is 1.99. The molecule has 0 unspecified atom stereocenters. The number of hydrogen-bond acceptors (Lipinski definition) is 3. The zero-order chi connectivity index (χ0) is 12.8. The Balaban J connectivity index is 3.99. The fraction of sp³-hybridized carbons (Fsp3) is 0.667.